The molecule has 1 unspecified atom stereocenters. The molecule has 1 amide bonds. The van der Waals surface area contributed by atoms with Crippen molar-refractivity contribution in [2.45, 2.75) is 12.8 Å². The van der Waals surface area contributed by atoms with E-state index in [4.69, 9.17) is 0 Å². The summed E-state index contributed by atoms with van der Waals surface area (Å²) < 4.78 is 1.15. The summed E-state index contributed by atoms with van der Waals surface area (Å²) >= 11 is 1.68. The lowest BCUT2D eigenvalue weighted by Crippen LogP contribution is -2.42. The van der Waals surface area contributed by atoms with Crippen LogP contribution in [0.1, 0.15) is 12.8 Å². The fourth-order valence-corrected chi connectivity index (χ4v) is 3.59. The molecule has 106 valence electrons. The number of hydrogen-bond acceptors (Lipinski definition) is 5. The van der Waals surface area contributed by atoms with Gasteiger partial charge in [-0.15, -0.1) is 0 Å². The van der Waals surface area contributed by atoms with Gasteiger partial charge in [-0.25, -0.2) is 4.98 Å². The summed E-state index contributed by atoms with van der Waals surface area (Å²) in [7, 11) is 3.65. The zero-order chi connectivity index (χ0) is 14.1. The van der Waals surface area contributed by atoms with Crippen LogP contribution in [-0.4, -0.2) is 48.0 Å². The molecular weight excluding hydrogens is 272 g/mol. The SMILES string of the molecule is CN(C)C(=O)C1CCCN(c2nc3cnccc3s2)C1. The van der Waals surface area contributed by atoms with Gasteiger partial charge < -0.3 is 9.80 Å². The predicted octanol–water partition coefficient (Wildman–Crippen LogP) is 2.00. The Bertz CT molecular complexity index is 591. The average molecular weight is 290 g/mol. The van der Waals surface area contributed by atoms with Gasteiger partial charge in [-0.2, -0.15) is 0 Å². The molecule has 1 fully saturated rings. The Kier molecular flexibility index (Phi) is 3.56. The first kappa shape index (κ1) is 13.3. The Hall–Kier alpha value is -1.69. The van der Waals surface area contributed by atoms with Crippen LogP contribution >= 0.6 is 11.3 Å². The number of fused-ring (bicyclic) bond motifs is 1. The van der Waals surface area contributed by atoms with Crippen LogP contribution in [0.2, 0.25) is 0 Å². The number of hydrogen-bond donors (Lipinski definition) is 0. The van der Waals surface area contributed by atoms with Crippen LogP contribution < -0.4 is 4.90 Å². The number of carbonyl (C=O) groups excluding carboxylic acids is 1. The van der Waals surface area contributed by atoms with Crippen molar-refractivity contribution in [1.29, 1.82) is 0 Å². The van der Waals surface area contributed by atoms with E-state index in [0.717, 1.165) is 41.3 Å². The highest BCUT2D eigenvalue weighted by atomic mass is 32.1. The molecule has 1 aliphatic rings. The fraction of sp³-hybridized carbons (Fsp3) is 0.500. The normalized spacial score (nSPS) is 19.3. The number of nitrogens with zero attached hydrogens (tertiary/aromatic N) is 4. The van der Waals surface area contributed by atoms with Crippen molar-refractivity contribution in [3.05, 3.63) is 18.5 Å². The fourth-order valence-electron chi connectivity index (χ4n) is 2.62. The number of carbonyl (C=O) groups is 1. The molecule has 1 atom stereocenters. The topological polar surface area (TPSA) is 49.3 Å². The molecule has 0 bridgehead atoms. The van der Waals surface area contributed by atoms with Crippen LogP contribution in [0, 0.1) is 5.92 Å². The first-order chi connectivity index (χ1) is 9.65. The van der Waals surface area contributed by atoms with E-state index in [1.54, 1.807) is 28.6 Å². The molecular formula is C14H18N4OS. The average Bonchev–Trinajstić information content (AvgIpc) is 2.90. The maximum Gasteiger partial charge on any atom is 0.226 e. The Labute approximate surface area is 122 Å². The first-order valence-electron chi connectivity index (χ1n) is 6.82. The molecule has 2 aromatic heterocycles. The lowest BCUT2D eigenvalue weighted by Gasteiger charge is -2.32. The molecule has 0 saturated carbocycles. The summed E-state index contributed by atoms with van der Waals surface area (Å²) in [4.78, 5) is 24.8. The predicted molar refractivity (Wildman–Crippen MR) is 81.0 cm³/mol. The molecule has 2 aromatic rings. The molecule has 5 nitrogen and oxygen atoms in total. The molecule has 1 saturated heterocycles. The van der Waals surface area contributed by atoms with E-state index in [1.807, 2.05) is 20.2 Å². The second-order valence-electron chi connectivity index (χ2n) is 5.36. The Morgan fingerprint density at radius 1 is 1.50 bits per heavy atom. The Morgan fingerprint density at radius 2 is 2.35 bits per heavy atom. The highest BCUT2D eigenvalue weighted by Crippen LogP contribution is 2.31. The summed E-state index contributed by atoms with van der Waals surface area (Å²) in [5, 5.41) is 1.00. The Balaban J connectivity index is 1.81. The van der Waals surface area contributed by atoms with E-state index in [1.165, 1.54) is 0 Å². The van der Waals surface area contributed by atoms with Gasteiger partial charge in [0.05, 0.1) is 16.8 Å². The Morgan fingerprint density at radius 3 is 3.10 bits per heavy atom. The number of piperidine rings is 1. The van der Waals surface area contributed by atoms with Gasteiger partial charge >= 0.3 is 0 Å². The van der Waals surface area contributed by atoms with E-state index in [9.17, 15) is 4.79 Å². The third-order valence-electron chi connectivity index (χ3n) is 3.66. The van der Waals surface area contributed by atoms with Gasteiger partial charge in [-0.05, 0) is 18.9 Å². The van der Waals surface area contributed by atoms with Crippen molar-refractivity contribution in [2.75, 3.05) is 32.1 Å². The van der Waals surface area contributed by atoms with E-state index < -0.39 is 0 Å². The smallest absolute Gasteiger partial charge is 0.226 e. The van der Waals surface area contributed by atoms with E-state index in [2.05, 4.69) is 14.9 Å². The molecule has 6 heteroatoms. The maximum absolute atomic E-state index is 12.1. The van der Waals surface area contributed by atoms with Gasteiger partial charge in [0.1, 0.15) is 5.52 Å². The number of thiazole rings is 1. The molecule has 20 heavy (non-hydrogen) atoms. The molecule has 0 spiro atoms. The summed E-state index contributed by atoms with van der Waals surface area (Å²) in [6.45, 7) is 1.74. The minimum absolute atomic E-state index is 0.0869. The number of pyridine rings is 1. The van der Waals surface area contributed by atoms with Crippen molar-refractivity contribution >= 4 is 32.6 Å². The third-order valence-corrected chi connectivity index (χ3v) is 4.76. The van der Waals surface area contributed by atoms with Crippen molar-refractivity contribution in [1.82, 2.24) is 14.9 Å². The van der Waals surface area contributed by atoms with Crippen LogP contribution in [0.5, 0.6) is 0 Å². The standard InChI is InChI=1S/C14H18N4OS/c1-17(2)13(19)10-4-3-7-18(9-10)14-16-11-8-15-6-5-12(11)20-14/h5-6,8,10H,3-4,7,9H2,1-2H3. The summed E-state index contributed by atoms with van der Waals surface area (Å²) in [5.41, 5.74) is 0.938. The minimum atomic E-state index is 0.0869. The van der Waals surface area contributed by atoms with E-state index in [-0.39, 0.29) is 11.8 Å². The first-order valence-corrected chi connectivity index (χ1v) is 7.63. The van der Waals surface area contributed by atoms with Gasteiger partial charge in [-0.1, -0.05) is 11.3 Å². The molecule has 3 heterocycles. The zero-order valence-corrected chi connectivity index (χ0v) is 12.6. The van der Waals surface area contributed by atoms with Gasteiger partial charge in [0.2, 0.25) is 5.91 Å². The van der Waals surface area contributed by atoms with Crippen LogP contribution in [0.3, 0.4) is 0 Å². The monoisotopic (exact) mass is 290 g/mol. The third kappa shape index (κ3) is 2.47. The highest BCUT2D eigenvalue weighted by molar-refractivity contribution is 7.22. The minimum Gasteiger partial charge on any atom is -0.349 e. The number of aromatic nitrogens is 2. The molecule has 0 N–H and O–H groups in total. The second-order valence-corrected chi connectivity index (χ2v) is 6.37. The summed E-state index contributed by atoms with van der Waals surface area (Å²) in [6.07, 6.45) is 5.60. The zero-order valence-electron chi connectivity index (χ0n) is 11.7. The number of rotatable bonds is 2. The van der Waals surface area contributed by atoms with Crippen molar-refractivity contribution in [3.63, 3.8) is 0 Å². The van der Waals surface area contributed by atoms with Gasteiger partial charge in [0, 0.05) is 33.4 Å². The molecule has 0 aromatic carbocycles. The van der Waals surface area contributed by atoms with Crippen LogP contribution in [0.4, 0.5) is 5.13 Å². The lowest BCUT2D eigenvalue weighted by molar-refractivity contribution is -0.133. The van der Waals surface area contributed by atoms with Crippen LogP contribution in [0.15, 0.2) is 18.5 Å². The van der Waals surface area contributed by atoms with Crippen molar-refractivity contribution in [2.24, 2.45) is 5.92 Å². The lowest BCUT2D eigenvalue weighted by atomic mass is 9.97. The molecule has 1 aliphatic heterocycles. The number of amides is 1. The van der Waals surface area contributed by atoms with Crippen molar-refractivity contribution in [3.8, 4) is 0 Å². The van der Waals surface area contributed by atoms with Gasteiger partial charge in [-0.3, -0.25) is 9.78 Å². The number of anilines is 1. The van der Waals surface area contributed by atoms with Crippen LogP contribution in [-0.2, 0) is 4.79 Å². The maximum atomic E-state index is 12.1. The molecule has 0 radical (unpaired) electrons. The van der Waals surface area contributed by atoms with Gasteiger partial charge in [0.25, 0.3) is 0 Å². The highest BCUT2D eigenvalue weighted by Gasteiger charge is 2.28. The van der Waals surface area contributed by atoms with Gasteiger partial charge in [0.15, 0.2) is 5.13 Å². The molecule has 0 aliphatic carbocycles. The van der Waals surface area contributed by atoms with Crippen LogP contribution in [0.25, 0.3) is 10.2 Å². The quantitative estimate of drug-likeness (QED) is 0.849. The molecule has 3 rings (SSSR count). The summed E-state index contributed by atoms with van der Waals surface area (Å²) in [6, 6.07) is 1.99. The largest absolute Gasteiger partial charge is 0.349 e. The van der Waals surface area contributed by atoms with E-state index in [0.29, 0.717) is 0 Å². The van der Waals surface area contributed by atoms with Crippen molar-refractivity contribution < 1.29 is 4.79 Å². The van der Waals surface area contributed by atoms with E-state index >= 15 is 0 Å². The second kappa shape index (κ2) is 5.36. The summed E-state index contributed by atoms with van der Waals surface area (Å²) in [5.74, 6) is 0.307.